The molecule has 18 heteroatoms. The molecule has 0 saturated carbocycles. The summed E-state index contributed by atoms with van der Waals surface area (Å²) in [6.07, 6.45) is 0.229. The number of carbonyl (C=O) groups is 5. The second-order valence-corrected chi connectivity index (χ2v) is 8.24. The van der Waals surface area contributed by atoms with Gasteiger partial charge in [0, 0.05) is 18.8 Å². The Morgan fingerprint density at radius 3 is 1.65 bits per heavy atom. The number of carboxylic acid groups (broad SMARTS) is 1. The first-order chi connectivity index (χ1) is 17.3. The van der Waals surface area contributed by atoms with Crippen molar-refractivity contribution < 1.29 is 29.1 Å². The van der Waals surface area contributed by atoms with Gasteiger partial charge in [0.2, 0.25) is 23.6 Å². The maximum Gasteiger partial charge on any atom is 0.326 e. The first-order valence-electron chi connectivity index (χ1n) is 11.2. The van der Waals surface area contributed by atoms with Gasteiger partial charge in [-0.15, -0.1) is 0 Å². The molecule has 0 radical (unpaired) electrons. The summed E-state index contributed by atoms with van der Waals surface area (Å²) in [5.74, 6) is -5.22. The van der Waals surface area contributed by atoms with Crippen LogP contribution >= 0.6 is 12.6 Å². The fourth-order valence-electron chi connectivity index (χ4n) is 2.84. The van der Waals surface area contributed by atoms with Crippen LogP contribution in [-0.4, -0.2) is 89.6 Å². The van der Waals surface area contributed by atoms with E-state index in [-0.39, 0.29) is 50.0 Å². The highest BCUT2D eigenvalue weighted by Crippen LogP contribution is 2.03. The van der Waals surface area contributed by atoms with Crippen molar-refractivity contribution in [1.82, 2.24) is 16.0 Å². The fraction of sp³-hybridized carbons (Fsp3) is 0.632. The van der Waals surface area contributed by atoms with Gasteiger partial charge in [0.15, 0.2) is 11.9 Å². The van der Waals surface area contributed by atoms with Crippen molar-refractivity contribution in [2.75, 3.05) is 18.8 Å². The molecule has 0 aliphatic carbocycles. The summed E-state index contributed by atoms with van der Waals surface area (Å²) in [5.41, 5.74) is 31.9. The van der Waals surface area contributed by atoms with E-state index in [9.17, 15) is 29.1 Å². The molecule has 0 bridgehead atoms. The van der Waals surface area contributed by atoms with E-state index in [0.29, 0.717) is 6.42 Å². The van der Waals surface area contributed by atoms with Crippen LogP contribution in [0.5, 0.6) is 0 Å². The average Bonchev–Trinajstić information content (AvgIpc) is 2.80. The second-order valence-electron chi connectivity index (χ2n) is 7.88. The lowest BCUT2D eigenvalue weighted by Gasteiger charge is -2.24. The minimum absolute atomic E-state index is 0.00647. The van der Waals surface area contributed by atoms with Gasteiger partial charge in [-0.3, -0.25) is 29.2 Å². The van der Waals surface area contributed by atoms with Crippen LogP contribution in [0.3, 0.4) is 0 Å². The van der Waals surface area contributed by atoms with Gasteiger partial charge in [0.25, 0.3) is 0 Å². The predicted molar refractivity (Wildman–Crippen MR) is 139 cm³/mol. The number of hydrogen-bond donors (Lipinski definition) is 11. The van der Waals surface area contributed by atoms with E-state index in [4.69, 9.17) is 34.4 Å². The predicted octanol–water partition coefficient (Wildman–Crippen LogP) is -5.23. The fourth-order valence-corrected chi connectivity index (χ4v) is 3.10. The molecule has 4 atom stereocenters. The zero-order valence-electron chi connectivity index (χ0n) is 20.3. The molecule has 17 nitrogen and oxygen atoms in total. The van der Waals surface area contributed by atoms with E-state index in [1.807, 2.05) is 0 Å². The third-order valence-corrected chi connectivity index (χ3v) is 5.08. The molecular formula is C19H37N11O6S. The summed E-state index contributed by atoms with van der Waals surface area (Å²) >= 11 is 4.02. The number of primary amides is 1. The maximum absolute atomic E-state index is 12.8. The molecule has 0 aromatic carbocycles. The molecule has 0 fully saturated rings. The molecule has 0 aromatic rings. The number of carbonyl (C=O) groups excluding carboxylic acids is 4. The molecule has 0 spiro atoms. The number of guanidine groups is 2. The van der Waals surface area contributed by atoms with Gasteiger partial charge in [0.1, 0.15) is 18.1 Å². The number of nitrogens with two attached hydrogens (primary N) is 6. The monoisotopic (exact) mass is 547 g/mol. The van der Waals surface area contributed by atoms with Crippen LogP contribution in [0.1, 0.15) is 32.1 Å². The number of thiol groups is 1. The van der Waals surface area contributed by atoms with Crippen LogP contribution < -0.4 is 50.4 Å². The number of aliphatic carboxylic acids is 1. The molecule has 0 saturated heterocycles. The number of hydrogen-bond acceptors (Lipinski definition) is 9. The number of aliphatic imine (C=N–C) groups is 2. The van der Waals surface area contributed by atoms with Crippen molar-refractivity contribution in [3.63, 3.8) is 0 Å². The van der Waals surface area contributed by atoms with Gasteiger partial charge in [-0.1, -0.05) is 0 Å². The minimum atomic E-state index is -1.45. The summed E-state index contributed by atoms with van der Waals surface area (Å²) in [6, 6.07) is -5.08. The second kappa shape index (κ2) is 17.6. The molecule has 210 valence electrons. The van der Waals surface area contributed by atoms with Gasteiger partial charge in [-0.05, 0) is 25.7 Å². The number of nitrogens with one attached hydrogen (secondary N) is 3. The summed E-state index contributed by atoms with van der Waals surface area (Å²) in [6.45, 7) is 0.387. The van der Waals surface area contributed by atoms with Crippen molar-refractivity contribution in [3.05, 3.63) is 0 Å². The summed E-state index contributed by atoms with van der Waals surface area (Å²) in [7, 11) is 0. The lowest BCUT2D eigenvalue weighted by Crippen LogP contribution is -2.58. The quantitative estimate of drug-likeness (QED) is 0.0333. The van der Waals surface area contributed by atoms with E-state index in [2.05, 4.69) is 38.6 Å². The van der Waals surface area contributed by atoms with Crippen LogP contribution in [0, 0.1) is 0 Å². The third kappa shape index (κ3) is 15.0. The highest BCUT2D eigenvalue weighted by atomic mass is 32.1. The van der Waals surface area contributed by atoms with Gasteiger partial charge < -0.3 is 55.5 Å². The molecule has 0 heterocycles. The average molecular weight is 548 g/mol. The van der Waals surface area contributed by atoms with Crippen LogP contribution in [0.4, 0.5) is 0 Å². The molecule has 0 aliphatic rings. The molecular weight excluding hydrogens is 510 g/mol. The molecule has 4 unspecified atom stereocenters. The zero-order chi connectivity index (χ0) is 28.5. The van der Waals surface area contributed by atoms with E-state index in [1.54, 1.807) is 0 Å². The Kier molecular flexibility index (Phi) is 15.8. The van der Waals surface area contributed by atoms with Crippen molar-refractivity contribution in [2.24, 2.45) is 44.4 Å². The highest BCUT2D eigenvalue weighted by molar-refractivity contribution is 7.80. The first-order valence-corrected chi connectivity index (χ1v) is 11.8. The maximum atomic E-state index is 12.8. The number of amides is 4. The Morgan fingerprint density at radius 1 is 0.730 bits per heavy atom. The largest absolute Gasteiger partial charge is 0.480 e. The van der Waals surface area contributed by atoms with Crippen molar-refractivity contribution in [2.45, 2.75) is 56.3 Å². The van der Waals surface area contributed by atoms with Crippen LogP contribution in [-0.2, 0) is 24.0 Å². The summed E-state index contributed by atoms with van der Waals surface area (Å²) < 4.78 is 0. The highest BCUT2D eigenvalue weighted by Gasteiger charge is 2.30. The lowest BCUT2D eigenvalue weighted by molar-refractivity contribution is -0.142. The molecule has 37 heavy (non-hydrogen) atoms. The topological polar surface area (TPSA) is 323 Å². The lowest BCUT2D eigenvalue weighted by atomic mass is 10.1. The Morgan fingerprint density at radius 2 is 1.19 bits per heavy atom. The van der Waals surface area contributed by atoms with Gasteiger partial charge in [0.05, 0.1) is 12.5 Å². The van der Waals surface area contributed by atoms with Crippen LogP contribution in [0.25, 0.3) is 0 Å². The van der Waals surface area contributed by atoms with E-state index in [1.165, 1.54) is 0 Å². The third-order valence-electron chi connectivity index (χ3n) is 4.72. The first kappa shape index (κ1) is 33.2. The minimum Gasteiger partial charge on any atom is -0.480 e. The van der Waals surface area contributed by atoms with Crippen molar-refractivity contribution in [1.29, 1.82) is 0 Å². The Balaban J connectivity index is 5.16. The molecule has 16 N–H and O–H groups in total. The number of carboxylic acids is 1. The SMILES string of the molecule is NC(=O)CC(NC(=O)C(N)CCCN=C(N)N)C(=O)NC(CS)C(=O)NC(CCCN=C(N)N)C(=O)O. The van der Waals surface area contributed by atoms with Crippen LogP contribution in [0.2, 0.25) is 0 Å². The molecule has 4 amide bonds. The van der Waals surface area contributed by atoms with Gasteiger partial charge in [-0.25, -0.2) is 4.79 Å². The molecule has 0 aliphatic heterocycles. The van der Waals surface area contributed by atoms with Crippen molar-refractivity contribution in [3.8, 4) is 0 Å². The van der Waals surface area contributed by atoms with E-state index in [0.717, 1.165) is 0 Å². The van der Waals surface area contributed by atoms with Gasteiger partial charge >= 0.3 is 5.97 Å². The summed E-state index contributed by atoms with van der Waals surface area (Å²) in [4.78, 5) is 68.2. The Bertz CT molecular complexity index is 861. The normalized spacial score (nSPS) is 13.7. The van der Waals surface area contributed by atoms with Crippen molar-refractivity contribution >= 4 is 54.1 Å². The van der Waals surface area contributed by atoms with Gasteiger partial charge in [-0.2, -0.15) is 12.6 Å². The Hall–Kier alpha value is -3.80. The standard InChI is InChI=1S/C19H37N11O6S/c20-9(3-1-5-26-18(22)23)14(32)29-11(7-13(21)31)15(33)30-12(8-37)16(34)28-10(17(35)36)4-2-6-27-19(24)25/h9-12,37H,1-8,20H2,(H2,21,31)(H,28,34)(H,29,32)(H,30,33)(H,35,36)(H4,22,23,26)(H4,24,25,27). The molecule has 0 rings (SSSR count). The zero-order valence-corrected chi connectivity index (χ0v) is 21.2. The van der Waals surface area contributed by atoms with E-state index < -0.39 is 60.2 Å². The Labute approximate surface area is 219 Å². The smallest absolute Gasteiger partial charge is 0.326 e. The van der Waals surface area contributed by atoms with E-state index >= 15 is 0 Å². The summed E-state index contributed by atoms with van der Waals surface area (Å²) in [5, 5.41) is 16.3. The number of rotatable bonds is 18. The molecule has 0 aromatic heterocycles. The van der Waals surface area contributed by atoms with Crippen LogP contribution in [0.15, 0.2) is 9.98 Å². The number of nitrogens with zero attached hydrogens (tertiary/aromatic N) is 2.